The Bertz CT molecular complexity index is 618. The molecule has 0 saturated heterocycles. The number of hydrogen-bond donors (Lipinski definition) is 2. The third-order valence-electron chi connectivity index (χ3n) is 3.61. The van der Waals surface area contributed by atoms with E-state index in [9.17, 15) is 4.79 Å². The molecule has 0 aliphatic heterocycles. The van der Waals surface area contributed by atoms with Gasteiger partial charge in [0.2, 0.25) is 5.91 Å². The van der Waals surface area contributed by atoms with Gasteiger partial charge in [-0.1, -0.05) is 29.8 Å². The van der Waals surface area contributed by atoms with Gasteiger partial charge in [0.05, 0.1) is 0 Å². The van der Waals surface area contributed by atoms with Crippen LogP contribution in [0.3, 0.4) is 0 Å². The van der Waals surface area contributed by atoms with Crippen molar-refractivity contribution in [3.63, 3.8) is 0 Å². The molecule has 2 aromatic rings. The summed E-state index contributed by atoms with van der Waals surface area (Å²) in [5.41, 5.74) is 5.61. The predicted molar refractivity (Wildman–Crippen MR) is 88.8 cm³/mol. The maximum absolute atomic E-state index is 11.9. The maximum atomic E-state index is 11.9. The smallest absolute Gasteiger partial charge is 0.226 e. The number of rotatable bonds is 5. The molecule has 0 aromatic heterocycles. The Morgan fingerprint density at radius 3 is 2.43 bits per heavy atom. The van der Waals surface area contributed by atoms with Crippen molar-refractivity contribution in [1.29, 1.82) is 0 Å². The normalized spacial score (nSPS) is 10.2. The first-order chi connectivity index (χ1) is 10.1. The van der Waals surface area contributed by atoms with Crippen molar-refractivity contribution >= 4 is 17.3 Å². The van der Waals surface area contributed by atoms with Gasteiger partial charge in [-0.15, -0.1) is 0 Å². The molecule has 0 saturated carbocycles. The number of hydrogen-bond acceptors (Lipinski definition) is 2. The van der Waals surface area contributed by atoms with Crippen molar-refractivity contribution in [3.8, 4) is 0 Å². The van der Waals surface area contributed by atoms with E-state index in [2.05, 4.69) is 30.5 Å². The molecule has 110 valence electrons. The molecule has 2 N–H and O–H groups in total. The summed E-state index contributed by atoms with van der Waals surface area (Å²) in [6.45, 7) is 6.83. The Balaban J connectivity index is 1.81. The average Bonchev–Trinajstić information content (AvgIpc) is 2.46. The van der Waals surface area contributed by atoms with E-state index in [0.29, 0.717) is 13.0 Å². The van der Waals surface area contributed by atoms with E-state index in [0.717, 1.165) is 11.4 Å². The van der Waals surface area contributed by atoms with E-state index in [1.807, 2.05) is 43.3 Å². The van der Waals surface area contributed by atoms with Gasteiger partial charge in [0.1, 0.15) is 0 Å². The first-order valence-electron chi connectivity index (χ1n) is 7.23. The van der Waals surface area contributed by atoms with Crippen molar-refractivity contribution in [2.45, 2.75) is 27.2 Å². The fraction of sp³-hybridized carbons (Fsp3) is 0.278. The Kier molecular flexibility index (Phi) is 4.99. The number of aryl methyl sites for hydroxylation is 2. The van der Waals surface area contributed by atoms with E-state index < -0.39 is 0 Å². The Morgan fingerprint density at radius 1 is 1.00 bits per heavy atom. The predicted octanol–water partition coefficient (Wildman–Crippen LogP) is 4.05. The molecule has 0 atom stereocenters. The number of benzene rings is 2. The van der Waals surface area contributed by atoms with Gasteiger partial charge < -0.3 is 10.6 Å². The van der Waals surface area contributed by atoms with Gasteiger partial charge in [0.25, 0.3) is 0 Å². The lowest BCUT2D eigenvalue weighted by molar-refractivity contribution is -0.115. The average molecular weight is 282 g/mol. The summed E-state index contributed by atoms with van der Waals surface area (Å²) in [4.78, 5) is 11.9. The maximum Gasteiger partial charge on any atom is 0.226 e. The molecular weight excluding hydrogens is 260 g/mol. The molecule has 0 heterocycles. The summed E-state index contributed by atoms with van der Waals surface area (Å²) in [6.07, 6.45) is 0.446. The molecule has 0 fully saturated rings. The van der Waals surface area contributed by atoms with Crippen LogP contribution < -0.4 is 10.6 Å². The number of carbonyl (C=O) groups excluding carboxylic acids is 1. The van der Waals surface area contributed by atoms with Gasteiger partial charge in [-0.05, 0) is 50.1 Å². The van der Waals surface area contributed by atoms with Crippen LogP contribution >= 0.6 is 0 Å². The molecule has 3 nitrogen and oxygen atoms in total. The summed E-state index contributed by atoms with van der Waals surface area (Å²) in [5.74, 6) is 0.0247. The monoisotopic (exact) mass is 282 g/mol. The topological polar surface area (TPSA) is 41.1 Å². The number of carbonyl (C=O) groups is 1. The Morgan fingerprint density at radius 2 is 1.71 bits per heavy atom. The highest BCUT2D eigenvalue weighted by atomic mass is 16.1. The molecule has 0 aliphatic carbocycles. The zero-order valence-corrected chi connectivity index (χ0v) is 12.9. The largest absolute Gasteiger partial charge is 0.384 e. The molecule has 0 aliphatic rings. The second-order valence-electron chi connectivity index (χ2n) is 5.34. The summed E-state index contributed by atoms with van der Waals surface area (Å²) in [5, 5.41) is 6.22. The molecule has 2 rings (SSSR count). The summed E-state index contributed by atoms with van der Waals surface area (Å²) in [6, 6.07) is 14.0. The number of anilines is 2. The molecule has 0 spiro atoms. The van der Waals surface area contributed by atoms with Crippen LogP contribution in [0.5, 0.6) is 0 Å². The zero-order chi connectivity index (χ0) is 15.2. The standard InChI is InChI=1S/C18H22N2O/c1-13-7-9-16(10-8-13)20-18(21)11-12-19-17-6-4-5-14(2)15(17)3/h4-10,19H,11-12H2,1-3H3,(H,20,21). The molecule has 0 radical (unpaired) electrons. The van der Waals surface area contributed by atoms with Gasteiger partial charge >= 0.3 is 0 Å². The van der Waals surface area contributed by atoms with Gasteiger partial charge in [0, 0.05) is 24.3 Å². The second-order valence-corrected chi connectivity index (χ2v) is 5.34. The molecule has 21 heavy (non-hydrogen) atoms. The summed E-state index contributed by atoms with van der Waals surface area (Å²) >= 11 is 0. The van der Waals surface area contributed by atoms with Crippen LogP contribution in [0.1, 0.15) is 23.1 Å². The lowest BCUT2D eigenvalue weighted by atomic mass is 10.1. The van der Waals surface area contributed by atoms with Crippen molar-refractivity contribution in [2.24, 2.45) is 0 Å². The highest BCUT2D eigenvalue weighted by Crippen LogP contribution is 2.17. The Labute approximate surface area is 126 Å². The fourth-order valence-corrected chi connectivity index (χ4v) is 2.11. The SMILES string of the molecule is Cc1ccc(NC(=O)CCNc2cccc(C)c2C)cc1. The van der Waals surface area contributed by atoms with Crippen molar-refractivity contribution in [3.05, 3.63) is 59.2 Å². The Hall–Kier alpha value is -2.29. The van der Waals surface area contributed by atoms with Crippen LogP contribution in [0.15, 0.2) is 42.5 Å². The lowest BCUT2D eigenvalue weighted by Crippen LogP contribution is -2.16. The van der Waals surface area contributed by atoms with Crippen LogP contribution in [-0.2, 0) is 4.79 Å². The van der Waals surface area contributed by atoms with E-state index in [1.54, 1.807) is 0 Å². The minimum Gasteiger partial charge on any atom is -0.384 e. The summed E-state index contributed by atoms with van der Waals surface area (Å²) < 4.78 is 0. The van der Waals surface area contributed by atoms with Gasteiger partial charge in [0.15, 0.2) is 0 Å². The quantitative estimate of drug-likeness (QED) is 0.868. The van der Waals surface area contributed by atoms with Gasteiger partial charge in [-0.25, -0.2) is 0 Å². The van der Waals surface area contributed by atoms with Gasteiger partial charge in [-0.3, -0.25) is 4.79 Å². The number of amides is 1. The molecule has 2 aromatic carbocycles. The van der Waals surface area contributed by atoms with Crippen LogP contribution in [0.2, 0.25) is 0 Å². The summed E-state index contributed by atoms with van der Waals surface area (Å²) in [7, 11) is 0. The van der Waals surface area contributed by atoms with E-state index in [-0.39, 0.29) is 5.91 Å². The van der Waals surface area contributed by atoms with Crippen molar-refractivity contribution in [2.75, 3.05) is 17.2 Å². The molecule has 0 bridgehead atoms. The minimum atomic E-state index is 0.0247. The van der Waals surface area contributed by atoms with Crippen LogP contribution in [-0.4, -0.2) is 12.5 Å². The molecule has 3 heteroatoms. The van der Waals surface area contributed by atoms with Crippen molar-refractivity contribution < 1.29 is 4.79 Å². The zero-order valence-electron chi connectivity index (χ0n) is 12.9. The van der Waals surface area contributed by atoms with E-state index in [1.165, 1.54) is 16.7 Å². The fourth-order valence-electron chi connectivity index (χ4n) is 2.11. The highest BCUT2D eigenvalue weighted by Gasteiger charge is 2.04. The first kappa shape index (κ1) is 15.1. The molecule has 0 unspecified atom stereocenters. The van der Waals surface area contributed by atoms with Crippen LogP contribution in [0.25, 0.3) is 0 Å². The van der Waals surface area contributed by atoms with Crippen molar-refractivity contribution in [1.82, 2.24) is 0 Å². The third-order valence-corrected chi connectivity index (χ3v) is 3.61. The highest BCUT2D eigenvalue weighted by molar-refractivity contribution is 5.91. The lowest BCUT2D eigenvalue weighted by Gasteiger charge is -2.11. The second kappa shape index (κ2) is 6.93. The van der Waals surface area contributed by atoms with Gasteiger partial charge in [-0.2, -0.15) is 0 Å². The van der Waals surface area contributed by atoms with E-state index >= 15 is 0 Å². The van der Waals surface area contributed by atoms with Crippen LogP contribution in [0, 0.1) is 20.8 Å². The first-order valence-corrected chi connectivity index (χ1v) is 7.23. The number of nitrogens with one attached hydrogen (secondary N) is 2. The van der Waals surface area contributed by atoms with Crippen LogP contribution in [0.4, 0.5) is 11.4 Å². The molecular formula is C18H22N2O. The minimum absolute atomic E-state index is 0.0247. The van der Waals surface area contributed by atoms with E-state index in [4.69, 9.17) is 0 Å². The third kappa shape index (κ3) is 4.35. The molecule has 1 amide bonds.